The molecule has 0 unspecified atom stereocenters. The first-order valence-electron chi connectivity index (χ1n) is 8.52. The lowest BCUT2D eigenvalue weighted by atomic mass is 10.0. The molecule has 3 aromatic rings. The van der Waals surface area contributed by atoms with Crippen molar-refractivity contribution in [1.82, 2.24) is 15.4 Å². The maximum absolute atomic E-state index is 12.2. The third kappa shape index (κ3) is 5.47. The average Bonchev–Trinajstić information content (AvgIpc) is 3.15. The molecule has 0 aliphatic heterocycles. The number of aromatic nitrogens is 3. The molecule has 0 aliphatic rings. The van der Waals surface area contributed by atoms with Crippen molar-refractivity contribution in [2.45, 2.75) is 19.9 Å². The summed E-state index contributed by atoms with van der Waals surface area (Å²) >= 11 is 0. The quantitative estimate of drug-likeness (QED) is 0.593. The van der Waals surface area contributed by atoms with Gasteiger partial charge in [0.1, 0.15) is 12.4 Å². The number of hydrogen-bond acceptors (Lipinski definition) is 6. The van der Waals surface area contributed by atoms with E-state index in [2.05, 4.69) is 20.1 Å². The Morgan fingerprint density at radius 1 is 1.03 bits per heavy atom. The van der Waals surface area contributed by atoms with E-state index in [4.69, 9.17) is 9.47 Å². The number of alkyl halides is 3. The van der Waals surface area contributed by atoms with Crippen LogP contribution in [-0.4, -0.2) is 34.3 Å². The Bertz CT molecular complexity index is 954. The summed E-state index contributed by atoms with van der Waals surface area (Å²) in [6.45, 7) is 2.03. The summed E-state index contributed by atoms with van der Waals surface area (Å²) in [5, 5.41) is 9.69. The summed E-state index contributed by atoms with van der Waals surface area (Å²) < 4.78 is 50.9. The van der Waals surface area contributed by atoms with Crippen molar-refractivity contribution in [3.8, 4) is 22.8 Å². The van der Waals surface area contributed by atoms with Crippen molar-refractivity contribution in [3.63, 3.8) is 0 Å². The minimum atomic E-state index is -4.72. The molecule has 7 nitrogen and oxygen atoms in total. The third-order valence-corrected chi connectivity index (χ3v) is 3.75. The van der Waals surface area contributed by atoms with Crippen LogP contribution in [0.3, 0.4) is 0 Å². The van der Waals surface area contributed by atoms with Crippen LogP contribution in [0.1, 0.15) is 23.0 Å². The van der Waals surface area contributed by atoms with Gasteiger partial charge in [-0.05, 0) is 35.7 Å². The average molecular weight is 407 g/mol. The third-order valence-electron chi connectivity index (χ3n) is 3.75. The number of benzene rings is 2. The zero-order valence-electron chi connectivity index (χ0n) is 15.2. The van der Waals surface area contributed by atoms with Gasteiger partial charge in [-0.2, -0.15) is 0 Å². The summed E-state index contributed by atoms with van der Waals surface area (Å²) in [5.41, 5.74) is 2.36. The van der Waals surface area contributed by atoms with Gasteiger partial charge in [-0.25, -0.2) is 9.89 Å². The molecule has 152 valence electrons. The number of esters is 1. The largest absolute Gasteiger partial charge is 0.573 e. The van der Waals surface area contributed by atoms with E-state index in [1.54, 1.807) is 31.2 Å². The van der Waals surface area contributed by atoms with Crippen LogP contribution < -0.4 is 9.47 Å². The second kappa shape index (κ2) is 8.63. The van der Waals surface area contributed by atoms with Crippen LogP contribution >= 0.6 is 0 Å². The summed E-state index contributed by atoms with van der Waals surface area (Å²) in [5.74, 6) is -0.857. The summed E-state index contributed by atoms with van der Waals surface area (Å²) in [4.78, 5) is 11.8. The number of ether oxygens (including phenoxy) is 3. The van der Waals surface area contributed by atoms with Gasteiger partial charge in [0.25, 0.3) is 5.88 Å². The van der Waals surface area contributed by atoms with Crippen LogP contribution in [0.5, 0.6) is 11.6 Å². The fraction of sp³-hybridized carbons (Fsp3) is 0.211. The van der Waals surface area contributed by atoms with Gasteiger partial charge >= 0.3 is 12.3 Å². The number of nitrogens with one attached hydrogen (secondary N) is 1. The Morgan fingerprint density at radius 3 is 2.24 bits per heavy atom. The predicted octanol–water partition coefficient (Wildman–Crippen LogP) is 4.13. The number of carbonyl (C=O) groups is 1. The molecule has 0 fully saturated rings. The summed E-state index contributed by atoms with van der Waals surface area (Å²) in [7, 11) is 0. The molecule has 0 bridgehead atoms. The molecule has 0 aliphatic carbocycles. The fourth-order valence-corrected chi connectivity index (χ4v) is 2.45. The normalized spacial score (nSPS) is 11.2. The lowest BCUT2D eigenvalue weighted by molar-refractivity contribution is -0.274. The molecule has 3 rings (SSSR count). The molecule has 0 spiro atoms. The van der Waals surface area contributed by atoms with Gasteiger partial charge in [0, 0.05) is 0 Å². The van der Waals surface area contributed by atoms with Crippen molar-refractivity contribution in [1.29, 1.82) is 0 Å². The van der Waals surface area contributed by atoms with Crippen LogP contribution in [0.4, 0.5) is 13.2 Å². The first-order valence-corrected chi connectivity index (χ1v) is 8.52. The Morgan fingerprint density at radius 2 is 1.66 bits per heavy atom. The van der Waals surface area contributed by atoms with Crippen LogP contribution in [-0.2, 0) is 11.3 Å². The molecule has 0 radical (unpaired) electrons. The lowest BCUT2D eigenvalue weighted by Crippen LogP contribution is -2.16. The highest BCUT2D eigenvalue weighted by molar-refractivity contribution is 5.89. The predicted molar refractivity (Wildman–Crippen MR) is 95.2 cm³/mol. The van der Waals surface area contributed by atoms with Crippen LogP contribution in [0, 0.1) is 0 Å². The van der Waals surface area contributed by atoms with Crippen molar-refractivity contribution in [2.75, 3.05) is 6.61 Å². The fourth-order valence-electron chi connectivity index (χ4n) is 2.45. The molecule has 0 atom stereocenters. The Labute approximate surface area is 163 Å². The Hall–Kier alpha value is -3.56. The highest BCUT2D eigenvalue weighted by Gasteiger charge is 2.30. The van der Waals surface area contributed by atoms with Gasteiger partial charge in [-0.3, -0.25) is 0 Å². The van der Waals surface area contributed by atoms with E-state index in [-0.39, 0.29) is 30.5 Å². The molecule has 0 saturated heterocycles. The molecular formula is C19H16F3N3O4. The number of nitrogens with zero attached hydrogens (tertiary/aromatic N) is 2. The van der Waals surface area contributed by atoms with E-state index in [0.717, 1.165) is 16.7 Å². The highest BCUT2D eigenvalue weighted by atomic mass is 19.4. The van der Waals surface area contributed by atoms with E-state index < -0.39 is 12.3 Å². The molecule has 0 amide bonds. The SMILES string of the molecule is CCOC(=O)c1[nH]nnc1OCc1ccc(-c2ccc(OC(F)(F)F)cc2)cc1. The van der Waals surface area contributed by atoms with Crippen molar-refractivity contribution >= 4 is 5.97 Å². The van der Waals surface area contributed by atoms with E-state index in [9.17, 15) is 18.0 Å². The molecule has 1 heterocycles. The maximum Gasteiger partial charge on any atom is 0.573 e. The van der Waals surface area contributed by atoms with E-state index in [0.29, 0.717) is 0 Å². The highest BCUT2D eigenvalue weighted by Crippen LogP contribution is 2.27. The maximum atomic E-state index is 12.2. The zero-order chi connectivity index (χ0) is 20.9. The smallest absolute Gasteiger partial charge is 0.470 e. The number of rotatable bonds is 7. The monoisotopic (exact) mass is 407 g/mol. The van der Waals surface area contributed by atoms with Crippen LogP contribution in [0.25, 0.3) is 11.1 Å². The van der Waals surface area contributed by atoms with Crippen molar-refractivity contribution < 1.29 is 32.2 Å². The molecule has 2 aromatic carbocycles. The van der Waals surface area contributed by atoms with Crippen LogP contribution in [0.15, 0.2) is 48.5 Å². The van der Waals surface area contributed by atoms with Crippen molar-refractivity contribution in [2.24, 2.45) is 0 Å². The number of hydrogen-bond donors (Lipinski definition) is 1. The topological polar surface area (TPSA) is 86.3 Å². The second-order valence-corrected chi connectivity index (χ2v) is 5.77. The van der Waals surface area contributed by atoms with Gasteiger partial charge in [0.2, 0.25) is 5.69 Å². The zero-order valence-corrected chi connectivity index (χ0v) is 15.2. The van der Waals surface area contributed by atoms with E-state index in [1.807, 2.05) is 0 Å². The number of H-pyrrole nitrogens is 1. The first-order chi connectivity index (χ1) is 13.9. The van der Waals surface area contributed by atoms with Gasteiger partial charge in [0.15, 0.2) is 0 Å². The second-order valence-electron chi connectivity index (χ2n) is 5.77. The first kappa shape index (κ1) is 20.2. The van der Waals surface area contributed by atoms with Gasteiger partial charge < -0.3 is 14.2 Å². The Balaban J connectivity index is 1.62. The molecule has 0 saturated carbocycles. The van der Waals surface area contributed by atoms with E-state index >= 15 is 0 Å². The number of carbonyl (C=O) groups excluding carboxylic acids is 1. The lowest BCUT2D eigenvalue weighted by Gasteiger charge is -2.10. The Kier molecular flexibility index (Phi) is 6.01. The standard InChI is InChI=1S/C19H16F3N3O4/c1-2-27-18(26)16-17(24-25-23-16)28-11-12-3-5-13(6-4-12)14-7-9-15(10-8-14)29-19(20,21)22/h3-10H,2,11H2,1H3,(H,23,24,25). The molecule has 10 heteroatoms. The van der Waals surface area contributed by atoms with Gasteiger partial charge in [0.05, 0.1) is 6.61 Å². The van der Waals surface area contributed by atoms with Gasteiger partial charge in [-0.1, -0.05) is 46.7 Å². The molecule has 1 aromatic heterocycles. The minimum absolute atomic E-state index is 0.0321. The summed E-state index contributed by atoms with van der Waals surface area (Å²) in [6.07, 6.45) is -4.72. The van der Waals surface area contributed by atoms with Crippen LogP contribution in [0.2, 0.25) is 0 Å². The van der Waals surface area contributed by atoms with Crippen molar-refractivity contribution in [3.05, 3.63) is 59.8 Å². The summed E-state index contributed by atoms with van der Waals surface area (Å²) in [6, 6.07) is 12.8. The molecular weight excluding hydrogens is 391 g/mol. The van der Waals surface area contributed by atoms with E-state index in [1.165, 1.54) is 24.3 Å². The number of halogens is 3. The van der Waals surface area contributed by atoms with Gasteiger partial charge in [-0.15, -0.1) is 13.2 Å². The minimum Gasteiger partial charge on any atom is -0.470 e. The molecule has 29 heavy (non-hydrogen) atoms. The number of aromatic amines is 1. The molecule has 1 N–H and O–H groups in total.